The third kappa shape index (κ3) is 8.54. The molecule has 0 atom stereocenters. The van der Waals surface area contributed by atoms with Crippen LogP contribution < -0.4 is 9.47 Å². The van der Waals surface area contributed by atoms with Gasteiger partial charge in [0.15, 0.2) is 45.6 Å². The van der Waals surface area contributed by atoms with Crippen molar-refractivity contribution >= 4 is 34.7 Å². The molecule has 0 radical (unpaired) electrons. The number of ether oxygens (including phenoxy) is 2. The Bertz CT molecular complexity index is 4510. The fraction of sp³-hybridized carbons (Fsp3) is 0.0714. The van der Waals surface area contributed by atoms with E-state index in [2.05, 4.69) is 39.9 Å². The molecule has 0 saturated heterocycles. The first kappa shape index (κ1) is 51.6. The van der Waals surface area contributed by atoms with Gasteiger partial charge in [-0.25, -0.2) is 39.9 Å². The standard InChI is InChI=1S/C15H8N4O3.2C14H6N4O.C13H3ClN4O/c1-21-9-3-4-10(22-2)12-11(9)13-14(15(12)20)19-8(6-17)7(5-16)18-13;1-7-2-3-8-9(4-7)12-13(14(8)19)18-11(6-16)10(5-15)17-12;1-7-3-2-4-8-11(7)14(19)13-12(8)17-9(5-15)10(6-16)18-13;14-6-1-2-7-8(3-6)13(19)12-11(7)17-9(4-15)10(5-16)18-12/h3-4H,1-2H3;2*2-4H,1H3;1-3H. The van der Waals surface area contributed by atoms with Crippen LogP contribution in [0.1, 0.15) is 121 Å². The number of benzene rings is 4. The first-order valence-electron chi connectivity index (χ1n) is 22.5. The first-order chi connectivity index (χ1) is 38.1. The number of nitrogens with zero attached hydrogens (tertiary/aromatic N) is 16. The zero-order valence-electron chi connectivity index (χ0n) is 40.8. The summed E-state index contributed by atoms with van der Waals surface area (Å²) >= 11 is 5.85. The van der Waals surface area contributed by atoms with Crippen molar-refractivity contribution in [2.24, 2.45) is 0 Å². The lowest BCUT2D eigenvalue weighted by Gasteiger charge is -2.10. The van der Waals surface area contributed by atoms with Crippen molar-refractivity contribution < 1.29 is 28.7 Å². The smallest absolute Gasteiger partial charge is 0.218 e. The number of halogens is 1. The summed E-state index contributed by atoms with van der Waals surface area (Å²) < 4.78 is 10.5. The van der Waals surface area contributed by atoms with Crippen molar-refractivity contribution in [2.45, 2.75) is 13.8 Å². The molecule has 0 saturated carbocycles. The Labute approximate surface area is 450 Å². The molecular weight excluding hydrogens is 1030 g/mol. The molecule has 0 spiro atoms. The van der Waals surface area contributed by atoms with Gasteiger partial charge in [0.25, 0.3) is 0 Å². The van der Waals surface area contributed by atoms with Crippen LogP contribution in [0.5, 0.6) is 11.5 Å². The van der Waals surface area contributed by atoms with Crippen LogP contribution in [0.25, 0.3) is 45.0 Å². The topological polar surface area (TPSA) is 380 Å². The highest BCUT2D eigenvalue weighted by atomic mass is 35.5. The van der Waals surface area contributed by atoms with Gasteiger partial charge >= 0.3 is 0 Å². The largest absolute Gasteiger partial charge is 0.496 e. The van der Waals surface area contributed by atoms with Gasteiger partial charge in [0.1, 0.15) is 106 Å². The second-order valence-corrected chi connectivity index (χ2v) is 17.1. The SMILES string of the molecule is COc1ccc(OC)c2c1C(=O)c1nc(C#N)c(C#N)nc1-2.Cc1ccc2c(c1)-c1nc(C#N)c(C#N)nc1C2=O.Cc1cccc2c1C(=O)c1nc(C#N)c(C#N)nc1-2.N#Cc1nc2c(nc1C#N)-c1ccc(Cl)cc1C2=O. The Hall–Kier alpha value is -12.3. The first-order valence-corrected chi connectivity index (χ1v) is 22.9. The highest BCUT2D eigenvalue weighted by Gasteiger charge is 2.38. The van der Waals surface area contributed by atoms with Crippen LogP contribution in [0.15, 0.2) is 66.7 Å². The number of aromatic nitrogens is 8. The lowest BCUT2D eigenvalue weighted by atomic mass is 10.0. The average molecular weight is 1050 g/mol. The van der Waals surface area contributed by atoms with Gasteiger partial charge in [-0.05, 0) is 49.7 Å². The summed E-state index contributed by atoms with van der Waals surface area (Å²) in [7, 11) is 2.91. The fourth-order valence-electron chi connectivity index (χ4n) is 8.72. The van der Waals surface area contributed by atoms with Gasteiger partial charge in [0.05, 0.1) is 25.3 Å². The quantitative estimate of drug-likeness (QED) is 0.168. The van der Waals surface area contributed by atoms with E-state index in [9.17, 15) is 19.2 Å². The van der Waals surface area contributed by atoms with Gasteiger partial charge < -0.3 is 9.47 Å². The summed E-state index contributed by atoms with van der Waals surface area (Å²) in [5, 5.41) is 72.1. The number of hydrogen-bond donors (Lipinski definition) is 0. The molecular formula is C56H23ClN16O6. The van der Waals surface area contributed by atoms with Crippen LogP contribution >= 0.6 is 11.6 Å². The molecule has 12 rings (SSSR count). The van der Waals surface area contributed by atoms with E-state index in [-0.39, 0.29) is 96.9 Å². The number of methoxy groups -OCH3 is 2. The maximum atomic E-state index is 12.6. The molecule has 4 aromatic heterocycles. The minimum absolute atomic E-state index is 0.0216. The van der Waals surface area contributed by atoms with E-state index in [0.29, 0.717) is 72.5 Å². The Morgan fingerprint density at radius 1 is 0.367 bits per heavy atom. The average Bonchev–Trinajstić information content (AvgIpc) is 4.36. The molecule has 0 amide bonds. The highest BCUT2D eigenvalue weighted by Crippen LogP contribution is 2.45. The zero-order chi connectivity index (χ0) is 56.6. The van der Waals surface area contributed by atoms with Crippen molar-refractivity contribution in [2.75, 3.05) is 14.2 Å². The summed E-state index contributed by atoms with van der Waals surface area (Å²) in [4.78, 5) is 81.4. The number of fused-ring (bicyclic) bond motifs is 12. The summed E-state index contributed by atoms with van der Waals surface area (Å²) in [5.74, 6) is -0.450. The minimum atomic E-state index is -0.408. The summed E-state index contributed by atoms with van der Waals surface area (Å²) in [6.45, 7) is 3.74. The Morgan fingerprint density at radius 2 is 0.747 bits per heavy atom. The Balaban J connectivity index is 0.000000128. The van der Waals surface area contributed by atoms with E-state index in [1.54, 1.807) is 66.7 Å². The number of rotatable bonds is 2. The zero-order valence-corrected chi connectivity index (χ0v) is 41.6. The highest BCUT2D eigenvalue weighted by molar-refractivity contribution is 6.32. The summed E-state index contributed by atoms with van der Waals surface area (Å²) in [6.07, 6.45) is 0. The summed E-state index contributed by atoms with van der Waals surface area (Å²) in [6, 6.07) is 33.3. The van der Waals surface area contributed by atoms with E-state index in [1.165, 1.54) is 20.3 Å². The Morgan fingerprint density at radius 3 is 1.23 bits per heavy atom. The molecule has 4 aliphatic carbocycles. The number of hydrogen-bond acceptors (Lipinski definition) is 22. The lowest BCUT2D eigenvalue weighted by molar-refractivity contribution is 0.102. The normalized spacial score (nSPS) is 11.4. The van der Waals surface area contributed by atoms with E-state index in [1.807, 2.05) is 56.3 Å². The Kier molecular flexibility index (Phi) is 13.4. The van der Waals surface area contributed by atoms with Gasteiger partial charge in [-0.1, -0.05) is 53.6 Å². The molecule has 4 heterocycles. The maximum absolute atomic E-state index is 12.6. The van der Waals surface area contributed by atoms with Gasteiger partial charge in [-0.15, -0.1) is 0 Å². The van der Waals surface area contributed by atoms with Crippen LogP contribution in [0.3, 0.4) is 0 Å². The van der Waals surface area contributed by atoms with E-state index in [0.717, 1.165) is 11.1 Å². The second kappa shape index (κ2) is 20.5. The van der Waals surface area contributed by atoms with E-state index in [4.69, 9.17) is 63.2 Å². The molecule has 4 aliphatic rings. The van der Waals surface area contributed by atoms with Crippen molar-refractivity contribution in [1.82, 2.24) is 39.9 Å². The third-order valence-electron chi connectivity index (χ3n) is 12.2. The third-order valence-corrected chi connectivity index (χ3v) is 12.5. The number of aryl methyl sites for hydroxylation is 2. The van der Waals surface area contributed by atoms with Crippen LogP contribution in [0, 0.1) is 104 Å². The van der Waals surface area contributed by atoms with Crippen LogP contribution in [0.2, 0.25) is 5.02 Å². The molecule has 0 N–H and O–H groups in total. The van der Waals surface area contributed by atoms with Crippen LogP contribution in [0.4, 0.5) is 0 Å². The molecule has 8 aromatic rings. The van der Waals surface area contributed by atoms with Gasteiger partial charge in [-0.3, -0.25) is 19.2 Å². The van der Waals surface area contributed by atoms with Crippen LogP contribution in [-0.4, -0.2) is 77.2 Å². The maximum Gasteiger partial charge on any atom is 0.218 e. The molecule has 0 aliphatic heterocycles. The van der Waals surface area contributed by atoms with Gasteiger partial charge in [0.2, 0.25) is 23.1 Å². The molecule has 370 valence electrons. The predicted molar refractivity (Wildman–Crippen MR) is 269 cm³/mol. The van der Waals surface area contributed by atoms with Gasteiger partial charge in [-0.2, -0.15) is 42.1 Å². The molecule has 4 aromatic carbocycles. The van der Waals surface area contributed by atoms with Crippen LogP contribution in [-0.2, 0) is 0 Å². The molecule has 0 unspecified atom stereocenters. The molecule has 79 heavy (non-hydrogen) atoms. The van der Waals surface area contributed by atoms with Crippen molar-refractivity contribution in [3.05, 3.63) is 173 Å². The minimum Gasteiger partial charge on any atom is -0.496 e. The van der Waals surface area contributed by atoms with E-state index >= 15 is 0 Å². The predicted octanol–water partition coefficient (Wildman–Crippen LogP) is 7.01. The second-order valence-electron chi connectivity index (χ2n) is 16.6. The number of nitriles is 8. The van der Waals surface area contributed by atoms with Crippen molar-refractivity contribution in [3.63, 3.8) is 0 Å². The van der Waals surface area contributed by atoms with E-state index < -0.39 is 5.78 Å². The number of carbonyl (C=O) groups is 4. The molecule has 23 heteroatoms. The van der Waals surface area contributed by atoms with Crippen molar-refractivity contribution in [1.29, 1.82) is 42.1 Å². The van der Waals surface area contributed by atoms with Crippen molar-refractivity contribution in [3.8, 4) is 105 Å². The molecule has 0 bridgehead atoms. The number of carbonyl (C=O) groups excluding carboxylic acids is 4. The fourth-order valence-corrected chi connectivity index (χ4v) is 8.89. The molecule has 22 nitrogen and oxygen atoms in total. The lowest BCUT2D eigenvalue weighted by Crippen LogP contribution is -2.04. The monoisotopic (exact) mass is 1050 g/mol. The molecule has 0 fully saturated rings. The van der Waals surface area contributed by atoms with Gasteiger partial charge in [0, 0.05) is 38.4 Å². The summed E-state index contributed by atoms with van der Waals surface area (Å²) in [5.41, 5.74) is 6.78. The number of ketones is 4.